The molecule has 2 atom stereocenters. The third kappa shape index (κ3) is 5.85. The van der Waals surface area contributed by atoms with Crippen molar-refractivity contribution in [2.24, 2.45) is 5.16 Å². The topological polar surface area (TPSA) is 109 Å². The molecule has 2 aromatic rings. The molecule has 0 aromatic heterocycles. The van der Waals surface area contributed by atoms with Crippen molar-refractivity contribution in [3.63, 3.8) is 0 Å². The fourth-order valence-electron chi connectivity index (χ4n) is 4.17. The lowest BCUT2D eigenvalue weighted by molar-refractivity contribution is -0.275. The molecule has 1 amide bonds. The minimum absolute atomic E-state index is 0.00384. The van der Waals surface area contributed by atoms with Crippen molar-refractivity contribution in [3.8, 4) is 0 Å². The van der Waals surface area contributed by atoms with Crippen molar-refractivity contribution < 1.29 is 36.1 Å². The van der Waals surface area contributed by atoms with E-state index >= 15 is 0 Å². The van der Waals surface area contributed by atoms with Gasteiger partial charge in [0.1, 0.15) is 0 Å². The maximum absolute atomic E-state index is 14.2. The van der Waals surface area contributed by atoms with Crippen molar-refractivity contribution in [1.82, 2.24) is 14.5 Å². The van der Waals surface area contributed by atoms with Gasteiger partial charge < -0.3 is 10.2 Å². The summed E-state index contributed by atoms with van der Waals surface area (Å²) in [5.41, 5.74) is -2.94. The molecule has 1 saturated heterocycles. The maximum atomic E-state index is 14.2. The van der Waals surface area contributed by atoms with Crippen molar-refractivity contribution in [3.05, 3.63) is 68.2 Å². The first kappa shape index (κ1) is 28.4. The number of nitrogens with one attached hydrogen (secondary N) is 2. The van der Waals surface area contributed by atoms with Crippen molar-refractivity contribution in [2.45, 2.75) is 43.1 Å². The Morgan fingerprint density at radius 1 is 1.08 bits per heavy atom. The SMILES string of the molecule is O=C(N[C@H]1CON(S(=O)(=O)NC2CC2)C1)c1ccc(C2=NO[C@@](c3cc(Cl)cc(Cl)c3)(C(F)(F)F)C2)cc1Cl. The van der Waals surface area contributed by atoms with Gasteiger partial charge in [0.25, 0.3) is 11.5 Å². The molecule has 0 spiro atoms. The summed E-state index contributed by atoms with van der Waals surface area (Å²) < 4.78 is 70.6. The van der Waals surface area contributed by atoms with Crippen LogP contribution in [-0.4, -0.2) is 55.9 Å². The molecule has 210 valence electrons. The van der Waals surface area contributed by atoms with Gasteiger partial charge in [0.05, 0.1) is 35.5 Å². The van der Waals surface area contributed by atoms with E-state index in [2.05, 4.69) is 15.2 Å². The highest BCUT2D eigenvalue weighted by Gasteiger charge is 2.62. The molecule has 2 heterocycles. The molecule has 0 unspecified atom stereocenters. The van der Waals surface area contributed by atoms with E-state index < -0.39 is 40.4 Å². The van der Waals surface area contributed by atoms with Gasteiger partial charge in [-0.25, -0.2) is 0 Å². The summed E-state index contributed by atoms with van der Waals surface area (Å²) >= 11 is 18.2. The monoisotopic (exact) mass is 626 g/mol. The second kappa shape index (κ2) is 10.4. The first-order valence-corrected chi connectivity index (χ1v) is 14.2. The normalized spacial score (nSPS) is 23.9. The van der Waals surface area contributed by atoms with Gasteiger partial charge in [-0.1, -0.05) is 50.5 Å². The fourth-order valence-corrected chi connectivity index (χ4v) is 6.31. The molecule has 2 aliphatic heterocycles. The first-order valence-electron chi connectivity index (χ1n) is 11.6. The Balaban J connectivity index is 1.28. The number of hydrogen-bond acceptors (Lipinski definition) is 6. The van der Waals surface area contributed by atoms with Gasteiger partial charge in [-0.2, -0.15) is 26.3 Å². The van der Waals surface area contributed by atoms with Crippen LogP contribution in [-0.2, 0) is 25.5 Å². The second-order valence-corrected chi connectivity index (χ2v) is 12.2. The minimum Gasteiger partial charge on any atom is -0.374 e. The van der Waals surface area contributed by atoms with Gasteiger partial charge in [-0.15, -0.1) is 0 Å². The average molecular weight is 628 g/mol. The fraction of sp³-hybridized carbons (Fsp3) is 0.391. The van der Waals surface area contributed by atoms with Crippen molar-refractivity contribution >= 4 is 56.6 Å². The number of amides is 1. The Morgan fingerprint density at radius 3 is 2.38 bits per heavy atom. The Hall–Kier alpha value is -2.13. The third-order valence-electron chi connectivity index (χ3n) is 6.35. The van der Waals surface area contributed by atoms with Crippen LogP contribution >= 0.6 is 34.8 Å². The maximum Gasteiger partial charge on any atom is 0.435 e. The molecule has 5 rings (SSSR count). The molecule has 16 heteroatoms. The van der Waals surface area contributed by atoms with Gasteiger partial charge >= 0.3 is 16.4 Å². The molecular formula is C23H20Cl3F3N4O5S. The summed E-state index contributed by atoms with van der Waals surface area (Å²) in [5, 5.41) is 6.29. The molecule has 0 bridgehead atoms. The quantitative estimate of drug-likeness (QED) is 0.468. The Labute approximate surface area is 236 Å². The van der Waals surface area contributed by atoms with E-state index in [1.165, 1.54) is 24.3 Å². The number of halogens is 6. The number of carbonyl (C=O) groups excluding carboxylic acids is 1. The van der Waals surface area contributed by atoms with E-state index in [0.29, 0.717) is 0 Å². The number of benzene rings is 2. The minimum atomic E-state index is -4.87. The van der Waals surface area contributed by atoms with Crippen LogP contribution in [0.4, 0.5) is 13.2 Å². The molecule has 2 N–H and O–H groups in total. The van der Waals surface area contributed by atoms with Crippen LogP contribution in [0.1, 0.15) is 40.7 Å². The van der Waals surface area contributed by atoms with Crippen LogP contribution in [0.2, 0.25) is 15.1 Å². The summed E-state index contributed by atoms with van der Waals surface area (Å²) in [4.78, 5) is 23.0. The number of alkyl halides is 3. The summed E-state index contributed by atoms with van der Waals surface area (Å²) in [6, 6.07) is 6.80. The highest BCUT2D eigenvalue weighted by atomic mass is 35.5. The molecule has 0 radical (unpaired) electrons. The van der Waals surface area contributed by atoms with Crippen LogP contribution in [0.15, 0.2) is 41.6 Å². The molecule has 3 aliphatic rings. The van der Waals surface area contributed by atoms with Gasteiger partial charge in [-0.3, -0.25) is 9.63 Å². The van der Waals surface area contributed by atoms with E-state index in [1.54, 1.807) is 0 Å². The van der Waals surface area contributed by atoms with Gasteiger partial charge in [0.15, 0.2) is 0 Å². The predicted molar refractivity (Wildman–Crippen MR) is 137 cm³/mol. The largest absolute Gasteiger partial charge is 0.435 e. The Bertz CT molecular complexity index is 1430. The standard InChI is InChI=1S/C23H20Cl3F3N4O5S/c24-14-6-13(7-15(25)8-14)22(23(27,28)29)9-20(31-38-22)12-1-4-18(19(26)5-12)21(34)30-17-10-33(37-11-17)39(35,36)32-16-2-3-16/h1,4-8,16-17,32H,2-3,9-11H2,(H,30,34)/t17-,22+/m1/s1. The highest BCUT2D eigenvalue weighted by Crippen LogP contribution is 2.49. The third-order valence-corrected chi connectivity index (χ3v) is 8.52. The molecule has 1 saturated carbocycles. The number of carbonyl (C=O) groups is 1. The van der Waals surface area contributed by atoms with Crippen molar-refractivity contribution in [2.75, 3.05) is 13.2 Å². The number of nitrogens with zero attached hydrogens (tertiary/aromatic N) is 2. The number of rotatable bonds is 7. The lowest BCUT2D eigenvalue weighted by Crippen LogP contribution is -2.43. The van der Waals surface area contributed by atoms with Crippen LogP contribution in [0.3, 0.4) is 0 Å². The first-order chi connectivity index (χ1) is 18.3. The molecule has 1 aliphatic carbocycles. The average Bonchev–Trinajstić information content (AvgIpc) is 3.30. The molecular weight excluding hydrogens is 608 g/mol. The zero-order chi connectivity index (χ0) is 28.2. The molecule has 2 aromatic carbocycles. The number of oxime groups is 1. The summed E-state index contributed by atoms with van der Waals surface area (Å²) in [5.74, 6) is -0.614. The van der Waals surface area contributed by atoms with E-state index in [-0.39, 0.29) is 56.7 Å². The molecule has 9 nitrogen and oxygen atoms in total. The Kier molecular flexibility index (Phi) is 7.55. The van der Waals surface area contributed by atoms with E-state index in [4.69, 9.17) is 44.5 Å². The zero-order valence-corrected chi connectivity index (χ0v) is 22.9. The van der Waals surface area contributed by atoms with Crippen LogP contribution in [0.5, 0.6) is 0 Å². The van der Waals surface area contributed by atoms with Crippen molar-refractivity contribution in [1.29, 1.82) is 0 Å². The lowest BCUT2D eigenvalue weighted by Gasteiger charge is -2.29. The number of hydroxylamine groups is 1. The summed E-state index contributed by atoms with van der Waals surface area (Å²) in [6.45, 7) is -0.182. The lowest BCUT2D eigenvalue weighted by atomic mass is 9.86. The second-order valence-electron chi connectivity index (χ2n) is 9.33. The van der Waals surface area contributed by atoms with Crippen LogP contribution in [0, 0.1) is 0 Å². The predicted octanol–water partition coefficient (Wildman–Crippen LogP) is 4.57. The van der Waals surface area contributed by atoms with E-state index in [0.717, 1.165) is 29.4 Å². The number of hydrogen-bond donors (Lipinski definition) is 2. The summed E-state index contributed by atoms with van der Waals surface area (Å²) in [6.07, 6.45) is -4.04. The summed E-state index contributed by atoms with van der Waals surface area (Å²) in [7, 11) is -3.83. The highest BCUT2D eigenvalue weighted by molar-refractivity contribution is 7.87. The Morgan fingerprint density at radius 2 is 1.77 bits per heavy atom. The smallest absolute Gasteiger partial charge is 0.374 e. The van der Waals surface area contributed by atoms with Gasteiger partial charge in [0.2, 0.25) is 0 Å². The zero-order valence-electron chi connectivity index (χ0n) is 19.8. The molecule has 2 fully saturated rings. The molecule has 39 heavy (non-hydrogen) atoms. The van der Waals surface area contributed by atoms with E-state index in [1.807, 2.05) is 0 Å². The van der Waals surface area contributed by atoms with Crippen LogP contribution < -0.4 is 10.0 Å². The van der Waals surface area contributed by atoms with Gasteiger partial charge in [-0.05, 0) is 43.2 Å². The van der Waals surface area contributed by atoms with Crippen LogP contribution in [0.25, 0.3) is 0 Å². The van der Waals surface area contributed by atoms with E-state index in [9.17, 15) is 26.4 Å². The van der Waals surface area contributed by atoms with Gasteiger partial charge in [0, 0.05) is 33.6 Å².